The van der Waals surface area contributed by atoms with E-state index in [4.69, 9.17) is 14.9 Å². The molecule has 0 unspecified atom stereocenters. The van der Waals surface area contributed by atoms with Crippen LogP contribution in [-0.4, -0.2) is 7.11 Å². The van der Waals surface area contributed by atoms with Crippen molar-refractivity contribution in [2.24, 2.45) is 0 Å². The van der Waals surface area contributed by atoms with E-state index in [0.29, 0.717) is 11.4 Å². The summed E-state index contributed by atoms with van der Waals surface area (Å²) in [5, 5.41) is 0.931. The van der Waals surface area contributed by atoms with E-state index >= 15 is 0 Å². The fourth-order valence-electron chi connectivity index (χ4n) is 1.54. The number of fused-ring (bicyclic) bond motifs is 1. The van der Waals surface area contributed by atoms with Crippen LogP contribution in [0.4, 0.5) is 5.69 Å². The van der Waals surface area contributed by atoms with Gasteiger partial charge in [0.15, 0.2) is 5.75 Å². The number of nitrogen functional groups attached to an aromatic ring is 1. The highest BCUT2D eigenvalue weighted by molar-refractivity contribution is 5.91. The van der Waals surface area contributed by atoms with Crippen LogP contribution < -0.4 is 10.5 Å². The van der Waals surface area contributed by atoms with Gasteiger partial charge in [0, 0.05) is 0 Å². The van der Waals surface area contributed by atoms with Crippen molar-refractivity contribution in [2.75, 3.05) is 12.8 Å². The molecule has 1 aromatic heterocycles. The lowest BCUT2D eigenvalue weighted by molar-refractivity contribution is 0.421. The summed E-state index contributed by atoms with van der Waals surface area (Å²) in [5.74, 6) is 0.689. The first kappa shape index (κ1) is 7.98. The molecule has 2 rings (SSSR count). The number of hydrogen-bond donors (Lipinski definition) is 1. The van der Waals surface area contributed by atoms with Crippen LogP contribution in [-0.2, 0) is 0 Å². The monoisotopic (exact) mass is 177 g/mol. The Morgan fingerprint density at radius 1 is 1.46 bits per heavy atom. The highest BCUT2D eigenvalue weighted by Crippen LogP contribution is 2.34. The molecule has 0 fully saturated rings. The Morgan fingerprint density at radius 2 is 2.23 bits per heavy atom. The van der Waals surface area contributed by atoms with Gasteiger partial charge in [-0.25, -0.2) is 0 Å². The van der Waals surface area contributed by atoms with Crippen LogP contribution in [0.1, 0.15) is 5.56 Å². The minimum Gasteiger partial charge on any atom is -0.494 e. The maximum atomic E-state index is 5.79. The molecule has 0 aliphatic heterocycles. The van der Waals surface area contributed by atoms with Crippen molar-refractivity contribution in [3.8, 4) is 5.75 Å². The van der Waals surface area contributed by atoms with Crippen molar-refractivity contribution in [1.82, 2.24) is 0 Å². The highest BCUT2D eigenvalue weighted by atomic mass is 16.5. The molecule has 0 amide bonds. The number of rotatable bonds is 1. The van der Waals surface area contributed by atoms with E-state index in [9.17, 15) is 0 Å². The summed E-state index contributed by atoms with van der Waals surface area (Å²) < 4.78 is 10.5. The standard InChI is InChI=1S/C10H11NO2/c1-6-5-8(11)10(12-2)7-3-4-13-9(6)7/h3-5H,11H2,1-2H3. The lowest BCUT2D eigenvalue weighted by Gasteiger charge is -2.06. The molecule has 0 bridgehead atoms. The fraction of sp³-hybridized carbons (Fsp3) is 0.200. The van der Waals surface area contributed by atoms with Gasteiger partial charge in [-0.05, 0) is 24.6 Å². The molecule has 1 heterocycles. The number of hydrogen-bond acceptors (Lipinski definition) is 3. The van der Waals surface area contributed by atoms with Crippen LogP contribution in [0.25, 0.3) is 11.0 Å². The summed E-state index contributed by atoms with van der Waals surface area (Å²) >= 11 is 0. The molecule has 0 radical (unpaired) electrons. The predicted molar refractivity (Wildman–Crippen MR) is 51.9 cm³/mol. The van der Waals surface area contributed by atoms with Gasteiger partial charge in [-0.2, -0.15) is 0 Å². The summed E-state index contributed by atoms with van der Waals surface area (Å²) in [5.41, 5.74) is 8.30. The molecule has 0 spiro atoms. The maximum absolute atomic E-state index is 5.79. The lowest BCUT2D eigenvalue weighted by atomic mass is 10.1. The second kappa shape index (κ2) is 2.69. The number of furan rings is 1. The third kappa shape index (κ3) is 1.04. The van der Waals surface area contributed by atoms with E-state index in [2.05, 4.69) is 0 Å². The molecule has 2 aromatic rings. The number of ether oxygens (including phenoxy) is 1. The molecule has 13 heavy (non-hydrogen) atoms. The molecule has 3 heteroatoms. The highest BCUT2D eigenvalue weighted by Gasteiger charge is 2.10. The van der Waals surface area contributed by atoms with Gasteiger partial charge in [0.1, 0.15) is 5.58 Å². The SMILES string of the molecule is COc1c(N)cc(C)c2occc12. The van der Waals surface area contributed by atoms with Gasteiger partial charge in [0.05, 0.1) is 24.4 Å². The van der Waals surface area contributed by atoms with Gasteiger partial charge in [-0.3, -0.25) is 0 Å². The van der Waals surface area contributed by atoms with Gasteiger partial charge in [0.2, 0.25) is 0 Å². The molecular weight excluding hydrogens is 166 g/mol. The second-order valence-electron chi connectivity index (χ2n) is 2.98. The number of benzene rings is 1. The van der Waals surface area contributed by atoms with E-state index in [1.807, 2.05) is 19.1 Å². The topological polar surface area (TPSA) is 48.4 Å². The first-order valence-electron chi connectivity index (χ1n) is 4.04. The molecular formula is C10H11NO2. The zero-order valence-electron chi connectivity index (χ0n) is 7.63. The first-order valence-corrected chi connectivity index (χ1v) is 4.04. The van der Waals surface area contributed by atoms with E-state index in [1.54, 1.807) is 13.4 Å². The Bertz CT molecular complexity index is 445. The average Bonchev–Trinajstić information content (AvgIpc) is 2.53. The quantitative estimate of drug-likeness (QED) is 0.680. The van der Waals surface area contributed by atoms with Gasteiger partial charge in [0.25, 0.3) is 0 Å². The van der Waals surface area contributed by atoms with Gasteiger partial charge in [-0.15, -0.1) is 0 Å². The number of methoxy groups -OCH3 is 1. The van der Waals surface area contributed by atoms with Crippen LogP contribution >= 0.6 is 0 Å². The molecule has 3 nitrogen and oxygen atoms in total. The summed E-state index contributed by atoms with van der Waals surface area (Å²) in [4.78, 5) is 0. The van der Waals surface area contributed by atoms with Crippen LogP contribution in [0, 0.1) is 6.92 Å². The van der Waals surface area contributed by atoms with Crippen molar-refractivity contribution in [1.29, 1.82) is 0 Å². The molecule has 0 aliphatic carbocycles. The van der Waals surface area contributed by atoms with E-state index in [-0.39, 0.29) is 0 Å². The third-order valence-electron chi connectivity index (χ3n) is 2.11. The van der Waals surface area contributed by atoms with Crippen molar-refractivity contribution in [3.63, 3.8) is 0 Å². The predicted octanol–water partition coefficient (Wildman–Crippen LogP) is 2.33. The molecule has 2 N–H and O–H groups in total. The molecule has 0 aliphatic rings. The van der Waals surface area contributed by atoms with Crippen molar-refractivity contribution in [2.45, 2.75) is 6.92 Å². The van der Waals surface area contributed by atoms with Gasteiger partial charge < -0.3 is 14.9 Å². The van der Waals surface area contributed by atoms with Crippen LogP contribution in [0.3, 0.4) is 0 Å². The molecule has 68 valence electrons. The van der Waals surface area contributed by atoms with E-state index in [0.717, 1.165) is 16.5 Å². The largest absolute Gasteiger partial charge is 0.494 e. The van der Waals surface area contributed by atoms with Crippen molar-refractivity contribution >= 4 is 16.7 Å². The number of anilines is 1. The van der Waals surface area contributed by atoms with Gasteiger partial charge in [-0.1, -0.05) is 0 Å². The second-order valence-corrected chi connectivity index (χ2v) is 2.98. The Balaban J connectivity index is 2.88. The van der Waals surface area contributed by atoms with Crippen molar-refractivity contribution < 1.29 is 9.15 Å². The summed E-state index contributed by atoms with van der Waals surface area (Å²) in [7, 11) is 1.60. The fourth-order valence-corrected chi connectivity index (χ4v) is 1.54. The first-order chi connectivity index (χ1) is 6.24. The number of nitrogens with two attached hydrogens (primary N) is 1. The van der Waals surface area contributed by atoms with Crippen LogP contribution in [0.2, 0.25) is 0 Å². The zero-order valence-corrected chi connectivity index (χ0v) is 7.63. The average molecular weight is 177 g/mol. The minimum atomic E-state index is 0.647. The molecule has 0 atom stereocenters. The van der Waals surface area contributed by atoms with Crippen molar-refractivity contribution in [3.05, 3.63) is 24.0 Å². The molecule has 0 saturated carbocycles. The normalized spacial score (nSPS) is 10.6. The number of aryl methyl sites for hydroxylation is 1. The smallest absolute Gasteiger partial charge is 0.152 e. The lowest BCUT2D eigenvalue weighted by Crippen LogP contribution is -1.93. The zero-order chi connectivity index (χ0) is 9.42. The maximum Gasteiger partial charge on any atom is 0.152 e. The minimum absolute atomic E-state index is 0.647. The summed E-state index contributed by atoms with van der Waals surface area (Å²) in [6.07, 6.45) is 1.64. The summed E-state index contributed by atoms with van der Waals surface area (Å²) in [6.45, 7) is 1.96. The van der Waals surface area contributed by atoms with E-state index in [1.165, 1.54) is 0 Å². The van der Waals surface area contributed by atoms with Crippen LogP contribution in [0.15, 0.2) is 22.8 Å². The van der Waals surface area contributed by atoms with E-state index < -0.39 is 0 Å². The Morgan fingerprint density at radius 3 is 2.92 bits per heavy atom. The molecule has 0 saturated heterocycles. The van der Waals surface area contributed by atoms with Crippen LogP contribution in [0.5, 0.6) is 5.75 Å². The molecule has 1 aromatic carbocycles. The van der Waals surface area contributed by atoms with Gasteiger partial charge >= 0.3 is 0 Å². The Hall–Kier alpha value is -1.64. The summed E-state index contributed by atoms with van der Waals surface area (Å²) in [6, 6.07) is 3.71. The Kier molecular flexibility index (Phi) is 1.65. The Labute approximate surface area is 76.1 Å². The third-order valence-corrected chi connectivity index (χ3v) is 2.11.